The molecule has 1 aliphatic carbocycles. The lowest BCUT2D eigenvalue weighted by molar-refractivity contribution is -0.0505. The van der Waals surface area contributed by atoms with Gasteiger partial charge in [-0.1, -0.05) is 5.16 Å². The minimum absolute atomic E-state index is 0.101. The molecule has 5 nitrogen and oxygen atoms in total. The van der Waals surface area contributed by atoms with Crippen LogP contribution in [0.3, 0.4) is 0 Å². The molecule has 0 atom stereocenters. The number of oxime groups is 1. The molecule has 0 aromatic carbocycles. The summed E-state index contributed by atoms with van der Waals surface area (Å²) in [6.45, 7) is 7.61. The Morgan fingerprint density at radius 3 is 2.53 bits per heavy atom. The molecule has 1 fully saturated rings. The largest absolute Gasteiger partial charge is 0.444 e. The number of rotatable bonds is 1. The Hall–Kier alpha value is -1.26. The maximum atomic E-state index is 11.7. The number of nitrogens with one attached hydrogen (secondary N) is 1. The number of carbonyl (C=O) groups is 1. The second kappa shape index (κ2) is 5.02. The van der Waals surface area contributed by atoms with Crippen molar-refractivity contribution in [3.8, 4) is 0 Å². The Kier molecular flexibility index (Phi) is 3.74. The van der Waals surface area contributed by atoms with Gasteiger partial charge in [0.15, 0.2) is 0 Å². The molecule has 0 aromatic rings. The highest BCUT2D eigenvalue weighted by Crippen LogP contribution is 2.38. The smallest absolute Gasteiger partial charge is 0.407 e. The summed E-state index contributed by atoms with van der Waals surface area (Å²) in [6.07, 6.45) is 4.31. The van der Waals surface area contributed by atoms with Crippen LogP contribution in [0.4, 0.5) is 4.79 Å². The minimum Gasteiger partial charge on any atom is -0.444 e. The molecule has 1 N–H and O–H groups in total. The summed E-state index contributed by atoms with van der Waals surface area (Å²) < 4.78 is 5.27. The first-order chi connectivity index (χ1) is 8.78. The van der Waals surface area contributed by atoms with Gasteiger partial charge in [0.2, 0.25) is 0 Å². The highest BCUT2D eigenvalue weighted by atomic mass is 16.7. The highest BCUT2D eigenvalue weighted by molar-refractivity contribution is 5.83. The average Bonchev–Trinajstić information content (AvgIpc) is 2.61. The molecule has 0 radical (unpaired) electrons. The third-order valence-corrected chi connectivity index (χ3v) is 3.59. The number of alkyl carbamates (subject to hydrolysis) is 1. The zero-order valence-electron chi connectivity index (χ0n) is 12.3. The van der Waals surface area contributed by atoms with E-state index in [0.717, 1.165) is 37.8 Å². The van der Waals surface area contributed by atoms with E-state index in [-0.39, 0.29) is 17.7 Å². The molecular formula is C14H24N2O3. The van der Waals surface area contributed by atoms with Gasteiger partial charge in [-0.15, -0.1) is 0 Å². The monoisotopic (exact) mass is 268 g/mol. The summed E-state index contributed by atoms with van der Waals surface area (Å²) >= 11 is 0. The van der Waals surface area contributed by atoms with E-state index >= 15 is 0 Å². The van der Waals surface area contributed by atoms with E-state index in [1.54, 1.807) is 0 Å². The van der Waals surface area contributed by atoms with E-state index in [2.05, 4.69) is 10.5 Å². The van der Waals surface area contributed by atoms with Gasteiger partial charge < -0.3 is 14.9 Å². The van der Waals surface area contributed by atoms with Crippen LogP contribution < -0.4 is 5.32 Å². The summed E-state index contributed by atoms with van der Waals surface area (Å²) in [5.41, 5.74) is 0.522. The van der Waals surface area contributed by atoms with E-state index in [4.69, 9.17) is 9.57 Å². The van der Waals surface area contributed by atoms with Crippen LogP contribution in [0.2, 0.25) is 0 Å². The van der Waals surface area contributed by atoms with Crippen molar-refractivity contribution in [2.24, 2.45) is 5.16 Å². The van der Waals surface area contributed by atoms with Crippen LogP contribution in [-0.2, 0) is 9.57 Å². The minimum atomic E-state index is -0.445. The van der Waals surface area contributed by atoms with E-state index in [9.17, 15) is 4.79 Å². The second-order valence-corrected chi connectivity index (χ2v) is 6.70. The first-order valence-electron chi connectivity index (χ1n) is 6.99. The van der Waals surface area contributed by atoms with Crippen LogP contribution >= 0.6 is 0 Å². The third-order valence-electron chi connectivity index (χ3n) is 3.59. The lowest BCUT2D eigenvalue weighted by Crippen LogP contribution is -2.45. The van der Waals surface area contributed by atoms with Gasteiger partial charge in [0, 0.05) is 12.5 Å². The number of amides is 1. The van der Waals surface area contributed by atoms with E-state index in [1.807, 2.05) is 27.7 Å². The van der Waals surface area contributed by atoms with Gasteiger partial charge in [-0.05, 0) is 53.4 Å². The van der Waals surface area contributed by atoms with Crippen LogP contribution in [0.5, 0.6) is 0 Å². The van der Waals surface area contributed by atoms with Crippen LogP contribution in [0, 0.1) is 0 Å². The molecule has 19 heavy (non-hydrogen) atoms. The van der Waals surface area contributed by atoms with Crippen molar-refractivity contribution < 1.29 is 14.4 Å². The highest BCUT2D eigenvalue weighted by Gasteiger charge is 2.41. The molecule has 2 rings (SSSR count). The Balaban J connectivity index is 1.76. The van der Waals surface area contributed by atoms with Crippen LogP contribution in [0.15, 0.2) is 5.16 Å². The predicted molar refractivity (Wildman–Crippen MR) is 73.2 cm³/mol. The van der Waals surface area contributed by atoms with Gasteiger partial charge in [-0.25, -0.2) is 4.79 Å². The summed E-state index contributed by atoms with van der Waals surface area (Å²) in [6, 6.07) is 0.185. The Morgan fingerprint density at radius 2 is 2.05 bits per heavy atom. The fraction of sp³-hybridized carbons (Fsp3) is 0.857. The predicted octanol–water partition coefficient (Wildman–Crippen LogP) is 2.99. The van der Waals surface area contributed by atoms with Crippen molar-refractivity contribution >= 4 is 11.8 Å². The van der Waals surface area contributed by atoms with E-state index in [1.165, 1.54) is 0 Å². The third kappa shape index (κ3) is 3.85. The van der Waals surface area contributed by atoms with Crippen molar-refractivity contribution in [1.29, 1.82) is 0 Å². The summed E-state index contributed by atoms with van der Waals surface area (Å²) in [7, 11) is 0. The van der Waals surface area contributed by atoms with Crippen LogP contribution in [-0.4, -0.2) is 29.0 Å². The lowest BCUT2D eigenvalue weighted by Gasteiger charge is -2.35. The molecule has 0 saturated heterocycles. The van der Waals surface area contributed by atoms with Gasteiger partial charge in [0.05, 0.1) is 5.71 Å². The Labute approximate surface area is 114 Å². The van der Waals surface area contributed by atoms with Crippen LogP contribution in [0.1, 0.15) is 59.8 Å². The van der Waals surface area contributed by atoms with Crippen molar-refractivity contribution in [3.63, 3.8) is 0 Å². The number of ether oxygens (including phenoxy) is 1. The molecule has 5 heteroatoms. The standard InChI is InChI=1S/C14H24N2O3/c1-10-9-14(19-16-10)7-5-11(6-8-14)15-12(17)18-13(2,3)4/h11H,5-9H2,1-4H3,(H,15,17). The average molecular weight is 268 g/mol. The molecule has 1 heterocycles. The molecule has 0 aromatic heterocycles. The zero-order valence-corrected chi connectivity index (χ0v) is 12.3. The first kappa shape index (κ1) is 14.2. The maximum absolute atomic E-state index is 11.7. The maximum Gasteiger partial charge on any atom is 0.407 e. The van der Waals surface area contributed by atoms with Gasteiger partial charge in [-0.3, -0.25) is 0 Å². The Morgan fingerprint density at radius 1 is 1.42 bits per heavy atom. The quantitative estimate of drug-likeness (QED) is 0.795. The zero-order chi connectivity index (χ0) is 14.1. The molecule has 108 valence electrons. The van der Waals surface area contributed by atoms with E-state index < -0.39 is 5.60 Å². The van der Waals surface area contributed by atoms with Crippen molar-refractivity contribution in [2.75, 3.05) is 0 Å². The summed E-state index contributed by atoms with van der Waals surface area (Å²) in [5.74, 6) is 0. The fourth-order valence-corrected chi connectivity index (χ4v) is 2.74. The summed E-state index contributed by atoms with van der Waals surface area (Å²) in [4.78, 5) is 17.3. The van der Waals surface area contributed by atoms with Crippen LogP contribution in [0.25, 0.3) is 0 Å². The molecule has 0 bridgehead atoms. The van der Waals surface area contributed by atoms with Gasteiger partial charge in [-0.2, -0.15) is 0 Å². The fourth-order valence-electron chi connectivity index (χ4n) is 2.74. The molecule has 1 spiro atoms. The molecule has 1 amide bonds. The van der Waals surface area contributed by atoms with Gasteiger partial charge in [0.1, 0.15) is 11.2 Å². The molecule has 2 aliphatic rings. The second-order valence-electron chi connectivity index (χ2n) is 6.70. The normalized spacial score (nSPS) is 30.7. The molecule has 1 aliphatic heterocycles. The Bertz CT molecular complexity index is 377. The number of carbonyl (C=O) groups excluding carboxylic acids is 1. The lowest BCUT2D eigenvalue weighted by atomic mass is 9.79. The van der Waals surface area contributed by atoms with Gasteiger partial charge in [0.25, 0.3) is 0 Å². The van der Waals surface area contributed by atoms with Crippen molar-refractivity contribution in [3.05, 3.63) is 0 Å². The topological polar surface area (TPSA) is 59.9 Å². The number of nitrogens with zero attached hydrogens (tertiary/aromatic N) is 1. The van der Waals surface area contributed by atoms with Crippen molar-refractivity contribution in [2.45, 2.75) is 77.0 Å². The number of hydrogen-bond donors (Lipinski definition) is 1. The van der Waals surface area contributed by atoms with E-state index in [0.29, 0.717) is 0 Å². The molecule has 0 unspecified atom stereocenters. The molecule has 1 saturated carbocycles. The first-order valence-corrected chi connectivity index (χ1v) is 6.99. The van der Waals surface area contributed by atoms with Gasteiger partial charge >= 0.3 is 6.09 Å². The SMILES string of the molecule is CC1=NOC2(CCC(NC(=O)OC(C)(C)C)CC2)C1. The molecular weight excluding hydrogens is 244 g/mol. The summed E-state index contributed by atoms with van der Waals surface area (Å²) in [5, 5.41) is 6.99. The van der Waals surface area contributed by atoms with Crippen molar-refractivity contribution in [1.82, 2.24) is 5.32 Å². The number of hydrogen-bond acceptors (Lipinski definition) is 4.